The molecule has 0 bridgehead atoms. The van der Waals surface area contributed by atoms with Gasteiger partial charge in [0.05, 0.1) is 24.1 Å². The molecule has 0 aromatic heterocycles. The van der Waals surface area contributed by atoms with Crippen molar-refractivity contribution in [3.63, 3.8) is 0 Å². The second-order valence-corrected chi connectivity index (χ2v) is 13.6. The SMILES string of the molecule is C=CCc1cccc(C2C3=CCC4C(=O)N(Cc5ccccc5)C(=O)C4C3CC3(Cl)C(=O)N(c4ccc(F)cc4)C(=O)C23Cl)c1O. The minimum absolute atomic E-state index is 0.0882. The summed E-state index contributed by atoms with van der Waals surface area (Å²) < 4.78 is 13.9. The van der Waals surface area contributed by atoms with Crippen LogP contribution in [0.4, 0.5) is 10.1 Å². The van der Waals surface area contributed by atoms with Crippen LogP contribution in [0.25, 0.3) is 0 Å². The molecule has 3 aromatic rings. The third kappa shape index (κ3) is 4.16. The van der Waals surface area contributed by atoms with Crippen molar-refractivity contribution in [2.24, 2.45) is 17.8 Å². The second-order valence-electron chi connectivity index (χ2n) is 12.3. The number of para-hydroxylation sites is 1. The van der Waals surface area contributed by atoms with Crippen molar-refractivity contribution in [2.45, 2.75) is 41.5 Å². The van der Waals surface area contributed by atoms with E-state index >= 15 is 0 Å². The number of aromatic hydroxyl groups is 1. The van der Waals surface area contributed by atoms with Crippen LogP contribution in [0.2, 0.25) is 0 Å². The van der Waals surface area contributed by atoms with Gasteiger partial charge in [0.25, 0.3) is 11.8 Å². The Kier molecular flexibility index (Phi) is 7.21. The third-order valence-corrected chi connectivity index (χ3v) is 11.4. The minimum atomic E-state index is -2.13. The van der Waals surface area contributed by atoms with Gasteiger partial charge in [-0.15, -0.1) is 29.8 Å². The van der Waals surface area contributed by atoms with Crippen LogP contribution in [0.5, 0.6) is 5.75 Å². The molecule has 0 spiro atoms. The maximum Gasteiger partial charge on any atom is 0.258 e. The predicted octanol–water partition coefficient (Wildman–Crippen LogP) is 6.02. The van der Waals surface area contributed by atoms with Crippen molar-refractivity contribution in [1.29, 1.82) is 0 Å². The molecule has 10 heteroatoms. The van der Waals surface area contributed by atoms with Crippen molar-refractivity contribution < 1.29 is 28.7 Å². The lowest BCUT2D eigenvalue weighted by Crippen LogP contribution is -2.60. The first-order valence-electron chi connectivity index (χ1n) is 15.1. The summed E-state index contributed by atoms with van der Waals surface area (Å²) in [6.45, 7) is 3.87. The molecular weight excluding hydrogens is 630 g/mol. The number of benzene rings is 3. The van der Waals surface area contributed by atoms with Crippen LogP contribution in [0.3, 0.4) is 0 Å². The summed E-state index contributed by atoms with van der Waals surface area (Å²) in [6, 6.07) is 19.1. The monoisotopic (exact) mass is 658 g/mol. The number of carbonyl (C=O) groups is 4. The van der Waals surface area contributed by atoms with Gasteiger partial charge in [0.1, 0.15) is 11.6 Å². The maximum absolute atomic E-state index is 14.5. The number of phenols is 1. The van der Waals surface area contributed by atoms with Gasteiger partial charge in [-0.3, -0.25) is 24.1 Å². The lowest BCUT2D eigenvalue weighted by Gasteiger charge is -2.50. The fraction of sp³-hybridized carbons (Fsp3) is 0.278. The smallest absolute Gasteiger partial charge is 0.258 e. The predicted molar refractivity (Wildman–Crippen MR) is 171 cm³/mol. The fourth-order valence-corrected chi connectivity index (χ4v) is 8.82. The Morgan fingerprint density at radius 2 is 1.63 bits per heavy atom. The average Bonchev–Trinajstić information content (AvgIpc) is 3.37. The number of carbonyl (C=O) groups excluding carboxylic acids is 4. The van der Waals surface area contributed by atoms with Crippen LogP contribution in [0, 0.1) is 23.6 Å². The largest absolute Gasteiger partial charge is 0.507 e. The molecule has 4 amide bonds. The van der Waals surface area contributed by atoms with Gasteiger partial charge < -0.3 is 5.11 Å². The number of hydrogen-bond acceptors (Lipinski definition) is 5. The van der Waals surface area contributed by atoms with E-state index in [1.54, 1.807) is 24.3 Å². The molecule has 46 heavy (non-hydrogen) atoms. The summed E-state index contributed by atoms with van der Waals surface area (Å²) in [7, 11) is 0. The molecule has 1 N–H and O–H groups in total. The zero-order valence-corrected chi connectivity index (χ0v) is 26.0. The highest BCUT2D eigenvalue weighted by Gasteiger charge is 2.76. The molecule has 234 valence electrons. The van der Waals surface area contributed by atoms with E-state index in [0.29, 0.717) is 17.6 Å². The van der Waals surface area contributed by atoms with Gasteiger partial charge in [-0.25, -0.2) is 9.29 Å². The second kappa shape index (κ2) is 10.9. The zero-order chi connectivity index (χ0) is 32.5. The summed E-state index contributed by atoms with van der Waals surface area (Å²) in [5.74, 6) is -6.42. The van der Waals surface area contributed by atoms with E-state index in [0.717, 1.165) is 22.6 Å². The highest BCUT2D eigenvalue weighted by atomic mass is 35.5. The van der Waals surface area contributed by atoms with Crippen LogP contribution in [0.15, 0.2) is 97.1 Å². The highest BCUT2D eigenvalue weighted by molar-refractivity contribution is 6.58. The molecule has 7 rings (SSSR count). The number of anilines is 1. The number of imide groups is 2. The molecule has 7 nitrogen and oxygen atoms in total. The number of nitrogens with zero attached hydrogens (tertiary/aromatic N) is 2. The maximum atomic E-state index is 14.5. The van der Waals surface area contributed by atoms with E-state index in [4.69, 9.17) is 23.2 Å². The number of amides is 4. The van der Waals surface area contributed by atoms with Crippen molar-refractivity contribution in [1.82, 2.24) is 4.90 Å². The van der Waals surface area contributed by atoms with Crippen molar-refractivity contribution >= 4 is 52.5 Å². The number of hydrogen-bond donors (Lipinski definition) is 1. The number of phenolic OH excluding ortho intramolecular Hbond substituents is 1. The van der Waals surface area contributed by atoms with Gasteiger partial charge >= 0.3 is 0 Å². The first-order chi connectivity index (χ1) is 22.0. The zero-order valence-electron chi connectivity index (χ0n) is 24.5. The number of allylic oxidation sites excluding steroid dienone is 3. The summed E-state index contributed by atoms with van der Waals surface area (Å²) in [6.07, 6.45) is 3.78. The van der Waals surface area contributed by atoms with E-state index in [1.165, 1.54) is 17.0 Å². The normalized spacial score (nSPS) is 30.2. The van der Waals surface area contributed by atoms with Gasteiger partial charge in [-0.1, -0.05) is 66.3 Å². The lowest BCUT2D eigenvalue weighted by molar-refractivity contribution is -0.141. The molecule has 2 aliphatic heterocycles. The molecule has 4 aliphatic rings. The quantitative estimate of drug-likeness (QED) is 0.198. The molecule has 6 unspecified atom stereocenters. The van der Waals surface area contributed by atoms with Crippen LogP contribution in [0.1, 0.15) is 35.4 Å². The summed E-state index contributed by atoms with van der Waals surface area (Å²) in [5.41, 5.74) is 2.25. The van der Waals surface area contributed by atoms with Crippen LogP contribution in [-0.2, 0) is 32.1 Å². The lowest BCUT2D eigenvalue weighted by atomic mass is 9.56. The molecule has 6 atom stereocenters. The highest BCUT2D eigenvalue weighted by Crippen LogP contribution is 2.66. The van der Waals surface area contributed by atoms with Gasteiger partial charge in [-0.2, -0.15) is 0 Å². The molecule has 0 radical (unpaired) electrons. The molecule has 2 aliphatic carbocycles. The Labute approximate surface area is 274 Å². The average molecular weight is 660 g/mol. The fourth-order valence-electron chi connectivity index (χ4n) is 7.90. The number of halogens is 3. The van der Waals surface area contributed by atoms with Gasteiger partial charge in [0.2, 0.25) is 11.8 Å². The van der Waals surface area contributed by atoms with E-state index in [-0.39, 0.29) is 48.2 Å². The van der Waals surface area contributed by atoms with Gasteiger partial charge in [-0.05, 0) is 60.6 Å². The molecular formula is C36H29Cl2FN2O5. The van der Waals surface area contributed by atoms with Crippen molar-refractivity contribution in [3.05, 3.63) is 120 Å². The number of fused-ring (bicyclic) bond motifs is 4. The molecule has 2 saturated heterocycles. The summed E-state index contributed by atoms with van der Waals surface area (Å²) in [4.78, 5) is 54.6. The van der Waals surface area contributed by atoms with Crippen molar-refractivity contribution in [2.75, 3.05) is 4.90 Å². The summed E-state index contributed by atoms with van der Waals surface area (Å²) in [5, 5.41) is 11.6. The molecule has 2 heterocycles. The molecule has 1 saturated carbocycles. The minimum Gasteiger partial charge on any atom is -0.507 e. The Morgan fingerprint density at radius 3 is 2.33 bits per heavy atom. The van der Waals surface area contributed by atoms with Crippen LogP contribution < -0.4 is 4.90 Å². The Balaban J connectivity index is 1.39. The standard InChI is InChI=1S/C36H29Cl2FN2O5/c1-2-7-21-10-6-11-26(30(21)42)29-24-16-17-25-28(32(44)40(31(25)43)19-20-8-4-3-5-9-20)27(24)18-35(37)33(45)41(34(46)36(29,35)38)23-14-12-22(39)13-15-23/h2-6,8-16,25,27-29,42H,1,7,17-19H2. The molecule has 3 fully saturated rings. The first kappa shape index (κ1) is 30.4. The van der Waals surface area contributed by atoms with E-state index in [2.05, 4.69) is 6.58 Å². The van der Waals surface area contributed by atoms with E-state index < -0.39 is 51.1 Å². The third-order valence-electron chi connectivity index (χ3n) is 10.00. The van der Waals surface area contributed by atoms with Crippen LogP contribution in [-0.4, -0.2) is 43.4 Å². The number of alkyl halides is 2. The van der Waals surface area contributed by atoms with E-state index in [9.17, 15) is 28.7 Å². The Hall–Kier alpha value is -4.27. The first-order valence-corrected chi connectivity index (χ1v) is 15.8. The number of likely N-dealkylation sites (tertiary alicyclic amines) is 1. The van der Waals surface area contributed by atoms with E-state index in [1.807, 2.05) is 36.4 Å². The number of rotatable bonds is 6. The van der Waals surface area contributed by atoms with Gasteiger partial charge in [0, 0.05) is 11.5 Å². The van der Waals surface area contributed by atoms with Crippen molar-refractivity contribution in [3.8, 4) is 5.75 Å². The van der Waals surface area contributed by atoms with Gasteiger partial charge in [0.15, 0.2) is 9.75 Å². The Morgan fingerprint density at radius 1 is 0.913 bits per heavy atom. The Bertz CT molecular complexity index is 1850. The summed E-state index contributed by atoms with van der Waals surface area (Å²) >= 11 is 14.8. The molecule has 3 aromatic carbocycles. The topological polar surface area (TPSA) is 95.0 Å². The van der Waals surface area contributed by atoms with Crippen LogP contribution >= 0.6 is 23.2 Å².